The fourth-order valence-electron chi connectivity index (χ4n) is 1.82. The monoisotopic (exact) mass is 197 g/mol. The predicted octanol–water partition coefficient (Wildman–Crippen LogP) is 2.38. The number of hydrogen-bond donors (Lipinski definition) is 2. The molecule has 0 aliphatic heterocycles. The summed E-state index contributed by atoms with van der Waals surface area (Å²) in [5, 5.41) is 17.3. The van der Waals surface area contributed by atoms with Gasteiger partial charge >= 0.3 is 0 Å². The lowest BCUT2D eigenvalue weighted by Crippen LogP contribution is -2.27. The molecule has 72 valence electrons. The summed E-state index contributed by atoms with van der Waals surface area (Å²) in [6.45, 7) is 2.10. The standard InChI is InChI=1S/C10H15NOS/c1-7-5-13-6-9(7)11-8-3-2-4-10(8)12/h5-6,8,10-12H,2-4H2,1H3/t8-,10-/m1/s1. The topological polar surface area (TPSA) is 32.3 Å². The van der Waals surface area contributed by atoms with Crippen LogP contribution < -0.4 is 5.32 Å². The number of anilines is 1. The minimum absolute atomic E-state index is 0.153. The van der Waals surface area contributed by atoms with E-state index in [0.717, 1.165) is 19.3 Å². The molecule has 1 aliphatic rings. The molecule has 0 saturated heterocycles. The molecule has 0 aromatic carbocycles. The second-order valence-corrected chi connectivity index (χ2v) is 4.46. The van der Waals surface area contributed by atoms with Crippen molar-refractivity contribution in [3.05, 3.63) is 16.3 Å². The minimum Gasteiger partial charge on any atom is -0.391 e. The van der Waals surface area contributed by atoms with Crippen molar-refractivity contribution in [3.63, 3.8) is 0 Å². The Hall–Kier alpha value is -0.540. The summed E-state index contributed by atoms with van der Waals surface area (Å²) in [5.41, 5.74) is 2.47. The van der Waals surface area contributed by atoms with Crippen molar-refractivity contribution in [2.24, 2.45) is 0 Å². The lowest BCUT2D eigenvalue weighted by Gasteiger charge is -2.17. The summed E-state index contributed by atoms with van der Waals surface area (Å²) in [4.78, 5) is 0. The van der Waals surface area contributed by atoms with Crippen LogP contribution >= 0.6 is 11.3 Å². The van der Waals surface area contributed by atoms with Gasteiger partial charge in [0, 0.05) is 11.1 Å². The molecule has 0 amide bonds. The Morgan fingerprint density at radius 1 is 1.46 bits per heavy atom. The number of thiophene rings is 1. The van der Waals surface area contributed by atoms with Crippen molar-refractivity contribution in [2.45, 2.75) is 38.3 Å². The number of aryl methyl sites for hydroxylation is 1. The highest BCUT2D eigenvalue weighted by atomic mass is 32.1. The van der Waals surface area contributed by atoms with Crippen LogP contribution in [0.2, 0.25) is 0 Å². The summed E-state index contributed by atoms with van der Waals surface area (Å²) in [6.07, 6.45) is 3.03. The maximum atomic E-state index is 9.62. The quantitative estimate of drug-likeness (QED) is 0.763. The van der Waals surface area contributed by atoms with Gasteiger partial charge < -0.3 is 10.4 Å². The highest BCUT2D eigenvalue weighted by molar-refractivity contribution is 7.08. The lowest BCUT2D eigenvalue weighted by atomic mass is 10.2. The van der Waals surface area contributed by atoms with Gasteiger partial charge in [-0.3, -0.25) is 0 Å². The van der Waals surface area contributed by atoms with E-state index in [1.165, 1.54) is 11.3 Å². The summed E-state index contributed by atoms with van der Waals surface area (Å²) in [5.74, 6) is 0. The third kappa shape index (κ3) is 1.86. The van der Waals surface area contributed by atoms with Gasteiger partial charge in [0.2, 0.25) is 0 Å². The van der Waals surface area contributed by atoms with Gasteiger partial charge in [-0.15, -0.1) is 11.3 Å². The Bertz CT molecular complexity index is 284. The molecule has 3 heteroatoms. The molecule has 1 heterocycles. The van der Waals surface area contributed by atoms with Crippen LogP contribution in [0.1, 0.15) is 24.8 Å². The van der Waals surface area contributed by atoms with Gasteiger partial charge in [-0.2, -0.15) is 0 Å². The van der Waals surface area contributed by atoms with Gasteiger partial charge in [-0.25, -0.2) is 0 Å². The molecule has 1 saturated carbocycles. The molecule has 2 N–H and O–H groups in total. The van der Waals surface area contributed by atoms with Gasteiger partial charge in [0.25, 0.3) is 0 Å². The second kappa shape index (κ2) is 3.68. The van der Waals surface area contributed by atoms with Gasteiger partial charge in [0.1, 0.15) is 0 Å². The summed E-state index contributed by atoms with van der Waals surface area (Å²) < 4.78 is 0. The number of aliphatic hydroxyl groups is 1. The molecular weight excluding hydrogens is 182 g/mol. The van der Waals surface area contributed by atoms with Crippen LogP contribution in [0.4, 0.5) is 5.69 Å². The van der Waals surface area contributed by atoms with Gasteiger partial charge in [-0.1, -0.05) is 0 Å². The third-order valence-corrected chi connectivity index (χ3v) is 3.54. The van der Waals surface area contributed by atoms with Crippen LogP contribution in [-0.2, 0) is 0 Å². The van der Waals surface area contributed by atoms with E-state index in [1.807, 2.05) is 0 Å². The largest absolute Gasteiger partial charge is 0.391 e. The Morgan fingerprint density at radius 2 is 2.31 bits per heavy atom. The van der Waals surface area contributed by atoms with Crippen molar-refractivity contribution in [1.82, 2.24) is 0 Å². The molecule has 2 rings (SSSR count). The molecule has 2 nitrogen and oxygen atoms in total. The Balaban J connectivity index is 2.01. The maximum Gasteiger partial charge on any atom is 0.0741 e. The van der Waals surface area contributed by atoms with Gasteiger partial charge in [0.15, 0.2) is 0 Å². The summed E-state index contributed by atoms with van der Waals surface area (Å²) in [7, 11) is 0. The molecule has 0 bridgehead atoms. The predicted molar refractivity (Wildman–Crippen MR) is 56.3 cm³/mol. The van der Waals surface area contributed by atoms with E-state index in [1.54, 1.807) is 11.3 Å². The molecular formula is C10H15NOS. The molecule has 1 aliphatic carbocycles. The molecule has 1 fully saturated rings. The van der Waals surface area contributed by atoms with Gasteiger partial charge in [-0.05, 0) is 37.1 Å². The normalized spacial score (nSPS) is 27.8. The first-order valence-electron chi connectivity index (χ1n) is 4.75. The van der Waals surface area contributed by atoms with Crippen LogP contribution in [0.3, 0.4) is 0 Å². The van der Waals surface area contributed by atoms with Crippen molar-refractivity contribution < 1.29 is 5.11 Å². The van der Waals surface area contributed by atoms with Gasteiger partial charge in [0.05, 0.1) is 12.1 Å². The van der Waals surface area contributed by atoms with E-state index in [9.17, 15) is 5.11 Å². The highest BCUT2D eigenvalue weighted by Crippen LogP contribution is 2.26. The molecule has 13 heavy (non-hydrogen) atoms. The lowest BCUT2D eigenvalue weighted by molar-refractivity contribution is 0.172. The van der Waals surface area contributed by atoms with Crippen molar-refractivity contribution in [2.75, 3.05) is 5.32 Å². The first kappa shape index (κ1) is 9.03. The van der Waals surface area contributed by atoms with E-state index in [2.05, 4.69) is 23.0 Å². The molecule has 0 spiro atoms. The SMILES string of the molecule is Cc1cscc1N[C@@H]1CCC[C@H]1O. The fourth-order valence-corrected chi connectivity index (χ4v) is 2.61. The third-order valence-electron chi connectivity index (χ3n) is 2.68. The zero-order chi connectivity index (χ0) is 9.26. The highest BCUT2D eigenvalue weighted by Gasteiger charge is 2.25. The molecule has 0 unspecified atom stereocenters. The van der Waals surface area contributed by atoms with Crippen molar-refractivity contribution in [1.29, 1.82) is 0 Å². The Labute approximate surface area is 82.6 Å². The zero-order valence-corrected chi connectivity index (χ0v) is 8.60. The first-order chi connectivity index (χ1) is 6.27. The maximum absolute atomic E-state index is 9.62. The van der Waals surface area contributed by atoms with E-state index >= 15 is 0 Å². The van der Waals surface area contributed by atoms with Crippen LogP contribution in [-0.4, -0.2) is 17.3 Å². The fraction of sp³-hybridized carbons (Fsp3) is 0.600. The molecule has 0 radical (unpaired) electrons. The van der Waals surface area contributed by atoms with E-state index < -0.39 is 0 Å². The minimum atomic E-state index is -0.153. The summed E-state index contributed by atoms with van der Waals surface area (Å²) >= 11 is 1.71. The van der Waals surface area contributed by atoms with Crippen LogP contribution in [0.15, 0.2) is 10.8 Å². The average molecular weight is 197 g/mol. The van der Waals surface area contributed by atoms with Crippen LogP contribution in [0.25, 0.3) is 0 Å². The average Bonchev–Trinajstić information content (AvgIpc) is 2.65. The number of rotatable bonds is 2. The number of nitrogens with one attached hydrogen (secondary N) is 1. The second-order valence-electron chi connectivity index (χ2n) is 3.72. The first-order valence-corrected chi connectivity index (χ1v) is 5.69. The summed E-state index contributed by atoms with van der Waals surface area (Å²) in [6, 6.07) is 0.272. The Morgan fingerprint density at radius 3 is 2.85 bits per heavy atom. The molecule has 1 aromatic heterocycles. The van der Waals surface area contributed by atoms with Crippen LogP contribution in [0.5, 0.6) is 0 Å². The van der Waals surface area contributed by atoms with E-state index in [-0.39, 0.29) is 12.1 Å². The van der Waals surface area contributed by atoms with Crippen LogP contribution in [0, 0.1) is 6.92 Å². The smallest absolute Gasteiger partial charge is 0.0741 e. The Kier molecular flexibility index (Phi) is 2.56. The van der Waals surface area contributed by atoms with Crippen molar-refractivity contribution in [3.8, 4) is 0 Å². The van der Waals surface area contributed by atoms with E-state index in [0.29, 0.717) is 0 Å². The van der Waals surface area contributed by atoms with Crippen molar-refractivity contribution >= 4 is 17.0 Å². The zero-order valence-electron chi connectivity index (χ0n) is 7.79. The van der Waals surface area contributed by atoms with E-state index in [4.69, 9.17) is 0 Å². The number of aliphatic hydroxyl groups excluding tert-OH is 1. The molecule has 2 atom stereocenters. The number of hydrogen-bond acceptors (Lipinski definition) is 3. The molecule has 1 aromatic rings.